The molecule has 3 aromatic rings. The van der Waals surface area contributed by atoms with E-state index < -0.39 is 29.0 Å². The fourth-order valence-corrected chi connectivity index (χ4v) is 2.55. The minimum atomic E-state index is -1.71. The molecule has 3 nitrogen and oxygen atoms in total. The van der Waals surface area contributed by atoms with Crippen LogP contribution in [-0.4, -0.2) is 17.6 Å². The average Bonchev–Trinajstić information content (AvgIpc) is 2.98. The van der Waals surface area contributed by atoms with Gasteiger partial charge >= 0.3 is 5.97 Å². The summed E-state index contributed by atoms with van der Waals surface area (Å²) < 4.78 is 57.6. The van der Waals surface area contributed by atoms with Crippen molar-refractivity contribution in [2.45, 2.75) is 12.8 Å². The first-order valence-corrected chi connectivity index (χ1v) is 7.53. The van der Waals surface area contributed by atoms with Crippen molar-refractivity contribution in [1.29, 1.82) is 0 Å². The molecule has 130 valence electrons. The molecule has 0 radical (unpaired) electrons. The van der Waals surface area contributed by atoms with Crippen LogP contribution < -0.4 is 0 Å². The van der Waals surface area contributed by atoms with E-state index in [1.807, 2.05) is 0 Å². The predicted molar refractivity (Wildman–Crippen MR) is 83.2 cm³/mol. The van der Waals surface area contributed by atoms with Crippen LogP contribution in [0.15, 0.2) is 36.5 Å². The number of ether oxygens (including phenoxy) is 1. The molecule has 3 rings (SSSR count). The summed E-state index contributed by atoms with van der Waals surface area (Å²) in [7, 11) is 0. The third-order valence-corrected chi connectivity index (χ3v) is 3.81. The molecule has 2 aromatic carbocycles. The molecule has 0 aliphatic rings. The van der Waals surface area contributed by atoms with Gasteiger partial charge in [0.15, 0.2) is 17.5 Å². The van der Waals surface area contributed by atoms with E-state index in [4.69, 9.17) is 4.74 Å². The number of hydrogen-bond acceptors (Lipinski definition) is 2. The van der Waals surface area contributed by atoms with Crippen LogP contribution in [0.2, 0.25) is 0 Å². The maximum absolute atomic E-state index is 13.5. The average molecular weight is 351 g/mol. The number of benzene rings is 2. The molecule has 7 heteroatoms. The summed E-state index contributed by atoms with van der Waals surface area (Å²) >= 11 is 0. The van der Waals surface area contributed by atoms with Gasteiger partial charge in [-0.05, 0) is 48.7 Å². The topological polar surface area (TPSA) is 42.1 Å². The number of rotatable bonds is 5. The van der Waals surface area contributed by atoms with Crippen molar-refractivity contribution in [2.75, 3.05) is 6.61 Å². The monoisotopic (exact) mass is 351 g/mol. The zero-order valence-electron chi connectivity index (χ0n) is 12.9. The Morgan fingerprint density at radius 3 is 2.64 bits per heavy atom. The van der Waals surface area contributed by atoms with Crippen molar-refractivity contribution in [3.63, 3.8) is 0 Å². The lowest BCUT2D eigenvalue weighted by Gasteiger charge is -2.06. The van der Waals surface area contributed by atoms with Crippen molar-refractivity contribution in [3.05, 3.63) is 70.9 Å². The smallest absolute Gasteiger partial charge is 0.341 e. The Balaban J connectivity index is 1.59. The number of fused-ring (bicyclic) bond motifs is 1. The van der Waals surface area contributed by atoms with E-state index in [2.05, 4.69) is 4.98 Å². The molecular weight excluding hydrogens is 338 g/mol. The molecule has 0 aliphatic heterocycles. The molecule has 0 aliphatic carbocycles. The van der Waals surface area contributed by atoms with Crippen LogP contribution in [0.25, 0.3) is 10.9 Å². The van der Waals surface area contributed by atoms with Crippen molar-refractivity contribution in [3.8, 4) is 0 Å². The minimum absolute atomic E-state index is 0.0424. The Kier molecular flexibility index (Phi) is 4.74. The first kappa shape index (κ1) is 17.0. The molecule has 1 heterocycles. The Bertz CT molecular complexity index is 936. The lowest BCUT2D eigenvalue weighted by atomic mass is 10.1. The van der Waals surface area contributed by atoms with E-state index in [0.717, 1.165) is 22.5 Å². The third kappa shape index (κ3) is 3.50. The number of carbonyl (C=O) groups excluding carboxylic acids is 1. The second-order valence-electron chi connectivity index (χ2n) is 5.47. The van der Waals surface area contributed by atoms with Gasteiger partial charge in [0, 0.05) is 17.1 Å². The lowest BCUT2D eigenvalue weighted by Crippen LogP contribution is -2.11. The van der Waals surface area contributed by atoms with Crippen LogP contribution in [0.5, 0.6) is 0 Å². The number of nitrogens with one attached hydrogen (secondary N) is 1. The Labute approximate surface area is 140 Å². The second-order valence-corrected chi connectivity index (χ2v) is 5.47. The van der Waals surface area contributed by atoms with Crippen LogP contribution in [-0.2, 0) is 11.2 Å². The molecule has 1 aromatic heterocycles. The Morgan fingerprint density at radius 1 is 1.04 bits per heavy atom. The number of aromatic nitrogens is 1. The molecule has 0 saturated carbocycles. The van der Waals surface area contributed by atoms with Gasteiger partial charge in [0.1, 0.15) is 5.82 Å². The number of carbonyl (C=O) groups is 1. The highest BCUT2D eigenvalue weighted by Gasteiger charge is 2.19. The van der Waals surface area contributed by atoms with Gasteiger partial charge in [0.05, 0.1) is 12.2 Å². The van der Waals surface area contributed by atoms with E-state index in [1.165, 1.54) is 12.1 Å². The van der Waals surface area contributed by atoms with Crippen molar-refractivity contribution < 1.29 is 27.1 Å². The van der Waals surface area contributed by atoms with Gasteiger partial charge < -0.3 is 9.72 Å². The van der Waals surface area contributed by atoms with Gasteiger partial charge in [0.25, 0.3) is 0 Å². The van der Waals surface area contributed by atoms with Crippen LogP contribution in [0.3, 0.4) is 0 Å². The molecule has 0 spiro atoms. The molecule has 0 bridgehead atoms. The van der Waals surface area contributed by atoms with Crippen molar-refractivity contribution in [1.82, 2.24) is 4.98 Å². The van der Waals surface area contributed by atoms with E-state index in [-0.39, 0.29) is 12.4 Å². The highest BCUT2D eigenvalue weighted by atomic mass is 19.2. The molecule has 0 saturated heterocycles. The van der Waals surface area contributed by atoms with E-state index in [9.17, 15) is 22.4 Å². The minimum Gasteiger partial charge on any atom is -0.462 e. The standard InChI is InChI=1S/C18H13F4NO2/c19-11-3-6-15-13(8-11)10(9-23-15)2-1-7-25-18(24)12-4-5-14(20)17(22)16(12)21/h3-6,8-9,23H,1-2,7H2. The largest absolute Gasteiger partial charge is 0.462 e. The molecule has 0 fully saturated rings. The first-order valence-electron chi connectivity index (χ1n) is 7.53. The highest BCUT2D eigenvalue weighted by molar-refractivity contribution is 5.89. The third-order valence-electron chi connectivity index (χ3n) is 3.81. The highest BCUT2D eigenvalue weighted by Crippen LogP contribution is 2.21. The summed E-state index contributed by atoms with van der Waals surface area (Å²) in [5.74, 6) is -6.08. The zero-order chi connectivity index (χ0) is 18.0. The fourth-order valence-electron chi connectivity index (χ4n) is 2.55. The van der Waals surface area contributed by atoms with Crippen LogP contribution >= 0.6 is 0 Å². The maximum atomic E-state index is 13.5. The summed E-state index contributed by atoms with van der Waals surface area (Å²) in [5, 5.41) is 0.734. The van der Waals surface area contributed by atoms with E-state index in [0.29, 0.717) is 18.9 Å². The molecule has 0 amide bonds. The van der Waals surface area contributed by atoms with E-state index in [1.54, 1.807) is 12.3 Å². The van der Waals surface area contributed by atoms with Gasteiger partial charge in [-0.2, -0.15) is 0 Å². The molecule has 25 heavy (non-hydrogen) atoms. The van der Waals surface area contributed by atoms with Crippen molar-refractivity contribution >= 4 is 16.9 Å². The SMILES string of the molecule is O=C(OCCCc1c[nH]c2ccc(F)cc12)c1ccc(F)c(F)c1F. The van der Waals surface area contributed by atoms with Crippen LogP contribution in [0.4, 0.5) is 17.6 Å². The summed E-state index contributed by atoms with van der Waals surface area (Å²) in [4.78, 5) is 14.7. The maximum Gasteiger partial charge on any atom is 0.341 e. The Morgan fingerprint density at radius 2 is 1.84 bits per heavy atom. The van der Waals surface area contributed by atoms with Crippen LogP contribution in [0.1, 0.15) is 22.3 Å². The normalized spacial score (nSPS) is 11.0. The quantitative estimate of drug-likeness (QED) is 0.318. The van der Waals surface area contributed by atoms with Gasteiger partial charge in [-0.25, -0.2) is 22.4 Å². The summed E-state index contributed by atoms with van der Waals surface area (Å²) in [6.07, 6.45) is 2.64. The number of aromatic amines is 1. The lowest BCUT2D eigenvalue weighted by molar-refractivity contribution is 0.0494. The van der Waals surface area contributed by atoms with Gasteiger partial charge in [-0.15, -0.1) is 0 Å². The molecule has 0 atom stereocenters. The first-order chi connectivity index (χ1) is 12.0. The fraction of sp³-hybridized carbons (Fsp3) is 0.167. The van der Waals surface area contributed by atoms with Crippen LogP contribution in [0, 0.1) is 23.3 Å². The molecule has 0 unspecified atom stereocenters. The predicted octanol–water partition coefficient (Wildman–Crippen LogP) is 4.51. The second kappa shape index (κ2) is 6.96. The summed E-state index contributed by atoms with van der Waals surface area (Å²) in [6, 6.07) is 5.87. The van der Waals surface area contributed by atoms with Gasteiger partial charge in [0.2, 0.25) is 0 Å². The number of halogens is 4. The number of hydrogen-bond donors (Lipinski definition) is 1. The molecule has 1 N–H and O–H groups in total. The number of H-pyrrole nitrogens is 1. The zero-order valence-corrected chi connectivity index (χ0v) is 12.9. The van der Waals surface area contributed by atoms with Gasteiger partial charge in [-0.1, -0.05) is 0 Å². The Hall–Kier alpha value is -2.83. The van der Waals surface area contributed by atoms with Gasteiger partial charge in [-0.3, -0.25) is 0 Å². The summed E-state index contributed by atoms with van der Waals surface area (Å²) in [5.41, 5.74) is 0.981. The van der Waals surface area contributed by atoms with Crippen molar-refractivity contribution in [2.24, 2.45) is 0 Å². The number of esters is 1. The molecular formula is C18H13F4NO2. The van der Waals surface area contributed by atoms with E-state index >= 15 is 0 Å². The number of aryl methyl sites for hydroxylation is 1. The summed E-state index contributed by atoms with van der Waals surface area (Å²) in [6.45, 7) is -0.0424.